The van der Waals surface area contributed by atoms with E-state index in [1.54, 1.807) is 13.8 Å². The lowest BCUT2D eigenvalue weighted by Crippen LogP contribution is -2.45. The van der Waals surface area contributed by atoms with E-state index in [2.05, 4.69) is 0 Å². The standard InChI is InChI=1S/C14H18ClF3N2O/c1-3-10(4-2)20(8-14(16,17)18)13(21)9-5-6-11(15)12(19)7-9/h5-7,10H,3-4,8,19H2,1-2H3. The first-order chi connectivity index (χ1) is 9.69. The topological polar surface area (TPSA) is 46.3 Å². The Labute approximate surface area is 126 Å². The molecule has 21 heavy (non-hydrogen) atoms. The number of benzene rings is 1. The van der Waals surface area contributed by atoms with Crippen molar-refractivity contribution in [3.05, 3.63) is 28.8 Å². The van der Waals surface area contributed by atoms with Crippen LogP contribution in [-0.4, -0.2) is 29.6 Å². The molecule has 0 aliphatic heterocycles. The molecule has 0 saturated heterocycles. The van der Waals surface area contributed by atoms with Crippen LogP contribution >= 0.6 is 11.6 Å². The number of nitrogens with two attached hydrogens (primary N) is 1. The fourth-order valence-corrected chi connectivity index (χ4v) is 2.25. The van der Waals surface area contributed by atoms with E-state index in [4.69, 9.17) is 17.3 Å². The van der Waals surface area contributed by atoms with Gasteiger partial charge < -0.3 is 10.6 Å². The van der Waals surface area contributed by atoms with Gasteiger partial charge in [-0.05, 0) is 31.0 Å². The molecule has 7 heteroatoms. The first-order valence-electron chi connectivity index (χ1n) is 6.62. The third-order valence-corrected chi connectivity index (χ3v) is 3.58. The Hall–Kier alpha value is -1.43. The molecule has 0 fully saturated rings. The summed E-state index contributed by atoms with van der Waals surface area (Å²) in [5.74, 6) is -0.690. The molecule has 0 heterocycles. The van der Waals surface area contributed by atoms with E-state index < -0.39 is 24.7 Å². The highest BCUT2D eigenvalue weighted by atomic mass is 35.5. The van der Waals surface area contributed by atoms with E-state index in [1.807, 2.05) is 0 Å². The zero-order chi connectivity index (χ0) is 16.2. The Morgan fingerprint density at radius 1 is 1.33 bits per heavy atom. The maximum atomic E-state index is 12.7. The summed E-state index contributed by atoms with van der Waals surface area (Å²) in [6.07, 6.45) is -3.56. The number of hydrogen-bond donors (Lipinski definition) is 1. The molecule has 1 rings (SSSR count). The highest BCUT2D eigenvalue weighted by Gasteiger charge is 2.36. The van der Waals surface area contributed by atoms with E-state index in [-0.39, 0.29) is 16.3 Å². The Morgan fingerprint density at radius 2 is 1.90 bits per heavy atom. The molecule has 1 aromatic carbocycles. The zero-order valence-corrected chi connectivity index (χ0v) is 12.6. The lowest BCUT2D eigenvalue weighted by atomic mass is 10.1. The number of hydrogen-bond acceptors (Lipinski definition) is 2. The van der Waals surface area contributed by atoms with Crippen LogP contribution in [0.4, 0.5) is 18.9 Å². The minimum absolute atomic E-state index is 0.105. The van der Waals surface area contributed by atoms with Crippen LogP contribution in [0.25, 0.3) is 0 Å². The van der Waals surface area contributed by atoms with E-state index in [0.29, 0.717) is 12.8 Å². The molecule has 0 aliphatic rings. The van der Waals surface area contributed by atoms with Crippen LogP contribution in [0.5, 0.6) is 0 Å². The minimum atomic E-state index is -4.45. The molecule has 0 spiro atoms. The van der Waals surface area contributed by atoms with Crippen LogP contribution in [0.2, 0.25) is 5.02 Å². The molecule has 118 valence electrons. The Bertz CT molecular complexity index is 501. The molecule has 1 amide bonds. The normalized spacial score (nSPS) is 11.8. The summed E-state index contributed by atoms with van der Waals surface area (Å²) in [7, 11) is 0. The number of nitrogens with zero attached hydrogens (tertiary/aromatic N) is 1. The lowest BCUT2D eigenvalue weighted by molar-refractivity contribution is -0.144. The van der Waals surface area contributed by atoms with Crippen LogP contribution in [0.15, 0.2) is 18.2 Å². The number of nitrogen functional groups attached to an aromatic ring is 1. The average molecular weight is 323 g/mol. The molecule has 1 aromatic rings. The van der Waals surface area contributed by atoms with Gasteiger partial charge >= 0.3 is 6.18 Å². The molecule has 0 unspecified atom stereocenters. The van der Waals surface area contributed by atoms with E-state index >= 15 is 0 Å². The summed E-state index contributed by atoms with van der Waals surface area (Å²) in [5.41, 5.74) is 5.87. The van der Waals surface area contributed by atoms with Crippen molar-refractivity contribution in [3.63, 3.8) is 0 Å². The molecule has 0 bridgehead atoms. The van der Waals surface area contributed by atoms with Gasteiger partial charge in [-0.2, -0.15) is 13.2 Å². The summed E-state index contributed by atoms with van der Waals surface area (Å²) < 4.78 is 38.2. The number of rotatable bonds is 5. The highest BCUT2D eigenvalue weighted by Crippen LogP contribution is 2.25. The molecule has 0 atom stereocenters. The predicted molar refractivity (Wildman–Crippen MR) is 77.3 cm³/mol. The number of anilines is 1. The Morgan fingerprint density at radius 3 is 2.33 bits per heavy atom. The fourth-order valence-electron chi connectivity index (χ4n) is 2.13. The van der Waals surface area contributed by atoms with Gasteiger partial charge in [0.1, 0.15) is 6.54 Å². The monoisotopic (exact) mass is 322 g/mol. The summed E-state index contributed by atoms with van der Waals surface area (Å²) >= 11 is 5.76. The summed E-state index contributed by atoms with van der Waals surface area (Å²) in [5, 5.41) is 0.261. The molecule has 0 aliphatic carbocycles. The first kappa shape index (κ1) is 17.6. The first-order valence-corrected chi connectivity index (χ1v) is 7.00. The minimum Gasteiger partial charge on any atom is -0.398 e. The number of carbonyl (C=O) groups excluding carboxylic acids is 1. The van der Waals surface area contributed by atoms with Crippen molar-refractivity contribution in [1.82, 2.24) is 4.90 Å². The van der Waals surface area contributed by atoms with Gasteiger partial charge in [-0.25, -0.2) is 0 Å². The van der Waals surface area contributed by atoms with Crippen molar-refractivity contribution in [2.75, 3.05) is 12.3 Å². The lowest BCUT2D eigenvalue weighted by Gasteiger charge is -2.31. The van der Waals surface area contributed by atoms with Crippen molar-refractivity contribution in [2.45, 2.75) is 38.9 Å². The van der Waals surface area contributed by atoms with Crippen molar-refractivity contribution in [1.29, 1.82) is 0 Å². The smallest absolute Gasteiger partial charge is 0.398 e. The average Bonchev–Trinajstić information content (AvgIpc) is 2.40. The molecular weight excluding hydrogens is 305 g/mol. The second-order valence-corrected chi connectivity index (χ2v) is 5.16. The van der Waals surface area contributed by atoms with Crippen LogP contribution in [0.1, 0.15) is 37.0 Å². The second kappa shape index (κ2) is 7.02. The molecule has 2 N–H and O–H groups in total. The highest BCUT2D eigenvalue weighted by molar-refractivity contribution is 6.33. The van der Waals surface area contributed by atoms with Crippen molar-refractivity contribution in [2.24, 2.45) is 0 Å². The largest absolute Gasteiger partial charge is 0.406 e. The van der Waals surface area contributed by atoms with Gasteiger partial charge in [-0.3, -0.25) is 4.79 Å². The molecule has 0 radical (unpaired) electrons. The SMILES string of the molecule is CCC(CC)N(CC(F)(F)F)C(=O)c1ccc(Cl)c(N)c1. The molecule has 0 aromatic heterocycles. The van der Waals surface area contributed by atoms with Gasteiger partial charge in [0, 0.05) is 11.6 Å². The second-order valence-electron chi connectivity index (χ2n) is 4.75. The van der Waals surface area contributed by atoms with Gasteiger partial charge in [-0.1, -0.05) is 25.4 Å². The van der Waals surface area contributed by atoms with Crippen LogP contribution in [0, 0.1) is 0 Å². The third-order valence-electron chi connectivity index (χ3n) is 3.24. The number of alkyl halides is 3. The van der Waals surface area contributed by atoms with Crippen molar-refractivity contribution >= 4 is 23.2 Å². The summed E-state index contributed by atoms with van der Waals surface area (Å²) in [6, 6.07) is 3.61. The van der Waals surface area contributed by atoms with Crippen molar-refractivity contribution < 1.29 is 18.0 Å². The summed E-state index contributed by atoms with van der Waals surface area (Å²) in [4.78, 5) is 13.2. The molecule has 0 saturated carbocycles. The maximum Gasteiger partial charge on any atom is 0.406 e. The quantitative estimate of drug-likeness (QED) is 0.829. The maximum absolute atomic E-state index is 12.7. The predicted octanol–water partition coefficient (Wildman–Crippen LogP) is 4.12. The van der Waals surface area contributed by atoms with Gasteiger partial charge in [0.15, 0.2) is 0 Å². The van der Waals surface area contributed by atoms with Crippen LogP contribution in [0.3, 0.4) is 0 Å². The summed E-state index contributed by atoms with van der Waals surface area (Å²) in [6.45, 7) is 2.22. The van der Waals surface area contributed by atoms with E-state index in [1.165, 1.54) is 18.2 Å². The van der Waals surface area contributed by atoms with Gasteiger partial charge in [-0.15, -0.1) is 0 Å². The Kier molecular flexibility index (Phi) is 5.89. The third kappa shape index (κ3) is 4.81. The van der Waals surface area contributed by atoms with Gasteiger partial charge in [0.25, 0.3) is 5.91 Å². The van der Waals surface area contributed by atoms with E-state index in [9.17, 15) is 18.0 Å². The molecular formula is C14H18ClF3N2O. The van der Waals surface area contributed by atoms with Crippen LogP contribution < -0.4 is 5.73 Å². The van der Waals surface area contributed by atoms with Gasteiger partial charge in [0.05, 0.1) is 10.7 Å². The number of amides is 1. The van der Waals surface area contributed by atoms with Crippen LogP contribution in [-0.2, 0) is 0 Å². The molecule has 3 nitrogen and oxygen atoms in total. The Balaban J connectivity index is 3.11. The van der Waals surface area contributed by atoms with Gasteiger partial charge in [0.2, 0.25) is 0 Å². The van der Waals surface area contributed by atoms with Crippen molar-refractivity contribution in [3.8, 4) is 0 Å². The van der Waals surface area contributed by atoms with E-state index in [0.717, 1.165) is 4.90 Å². The fraction of sp³-hybridized carbons (Fsp3) is 0.500. The number of carbonyl (C=O) groups is 1. The zero-order valence-electron chi connectivity index (χ0n) is 11.9. The number of halogens is 4.